The summed E-state index contributed by atoms with van der Waals surface area (Å²) in [5, 5.41) is 6.38. The van der Waals surface area contributed by atoms with Crippen molar-refractivity contribution in [1.29, 1.82) is 0 Å². The topological polar surface area (TPSA) is 62.7 Å². The van der Waals surface area contributed by atoms with Gasteiger partial charge in [0.2, 0.25) is 11.8 Å². The highest BCUT2D eigenvalue weighted by Crippen LogP contribution is 2.48. The zero-order valence-electron chi connectivity index (χ0n) is 13.1. The molecule has 2 aliphatic rings. The first kappa shape index (κ1) is 15.8. The van der Waals surface area contributed by atoms with Gasteiger partial charge in [-0.2, -0.15) is 0 Å². The molecule has 1 aliphatic carbocycles. The Hall–Kier alpha value is -1.62. The van der Waals surface area contributed by atoms with Crippen LogP contribution in [0.3, 0.4) is 0 Å². The summed E-state index contributed by atoms with van der Waals surface area (Å²) >= 11 is 0. The fraction of sp³-hybridized carbons (Fsp3) is 0.625. The maximum absolute atomic E-state index is 12.3. The zero-order chi connectivity index (χ0) is 15.6. The Morgan fingerprint density at radius 1 is 1.48 bits per heavy atom. The van der Waals surface area contributed by atoms with Crippen LogP contribution in [0.25, 0.3) is 0 Å². The van der Waals surface area contributed by atoms with Gasteiger partial charge in [0.25, 0.3) is 0 Å². The molecule has 2 N–H and O–H groups in total. The number of nitrogens with one attached hydrogen (secondary N) is 2. The molecule has 116 valence electrons. The fourth-order valence-corrected chi connectivity index (χ4v) is 2.88. The second-order valence-electron chi connectivity index (χ2n) is 6.52. The summed E-state index contributed by atoms with van der Waals surface area (Å²) < 4.78 is 5.66. The lowest BCUT2D eigenvalue weighted by Crippen LogP contribution is -2.48. The molecule has 0 aromatic heterocycles. The number of carbonyl (C=O) groups is 1. The number of nitrogens with zero attached hydrogens (tertiary/aromatic N) is 1. The van der Waals surface area contributed by atoms with Gasteiger partial charge < -0.3 is 15.4 Å². The van der Waals surface area contributed by atoms with Gasteiger partial charge in [0.05, 0.1) is 5.54 Å². The third-order valence-electron chi connectivity index (χ3n) is 4.21. The number of carbonyl (C=O) groups excluding carboxylic acids is 1. The molecule has 0 spiro atoms. The van der Waals surface area contributed by atoms with E-state index in [1.54, 1.807) is 6.08 Å². The van der Waals surface area contributed by atoms with E-state index >= 15 is 0 Å². The number of ether oxygens (including phenoxy) is 1. The van der Waals surface area contributed by atoms with Crippen LogP contribution in [0.15, 0.2) is 29.1 Å². The average Bonchev–Trinajstić information content (AvgIpc) is 2.92. The molecule has 5 heteroatoms. The fourth-order valence-electron chi connectivity index (χ4n) is 2.88. The summed E-state index contributed by atoms with van der Waals surface area (Å²) in [5.41, 5.74) is 0.383. The monoisotopic (exact) mass is 291 g/mol. The lowest BCUT2D eigenvalue weighted by molar-refractivity contribution is -0.125. The van der Waals surface area contributed by atoms with E-state index in [1.165, 1.54) is 0 Å². The first-order valence-corrected chi connectivity index (χ1v) is 7.35. The van der Waals surface area contributed by atoms with Crippen LogP contribution in [0.4, 0.5) is 0 Å². The number of piperidine rings is 1. The predicted octanol–water partition coefficient (Wildman–Crippen LogP) is 1.48. The summed E-state index contributed by atoms with van der Waals surface area (Å²) in [6.07, 6.45) is 1.67. The molecule has 1 heterocycles. The van der Waals surface area contributed by atoms with Gasteiger partial charge in [-0.05, 0) is 52.4 Å². The Labute approximate surface area is 126 Å². The normalized spacial score (nSPS) is 28.2. The van der Waals surface area contributed by atoms with E-state index in [9.17, 15) is 4.79 Å². The van der Waals surface area contributed by atoms with E-state index < -0.39 is 5.54 Å². The van der Waals surface area contributed by atoms with Crippen molar-refractivity contribution in [3.05, 3.63) is 24.1 Å². The van der Waals surface area contributed by atoms with E-state index in [-0.39, 0.29) is 11.8 Å². The van der Waals surface area contributed by atoms with Crippen LogP contribution in [0.5, 0.6) is 0 Å². The minimum absolute atomic E-state index is 0.137. The van der Waals surface area contributed by atoms with Crippen LogP contribution in [-0.2, 0) is 9.53 Å². The van der Waals surface area contributed by atoms with Crippen molar-refractivity contribution in [3.63, 3.8) is 0 Å². The predicted molar refractivity (Wildman–Crippen MR) is 84.0 cm³/mol. The minimum Gasteiger partial charge on any atom is -0.475 e. The van der Waals surface area contributed by atoms with Crippen LogP contribution in [0, 0.1) is 17.8 Å². The van der Waals surface area contributed by atoms with Gasteiger partial charge >= 0.3 is 0 Å². The molecule has 0 aromatic rings. The highest BCUT2D eigenvalue weighted by molar-refractivity contribution is 5.83. The zero-order valence-corrected chi connectivity index (χ0v) is 13.1. The lowest BCUT2D eigenvalue weighted by atomic mass is 10.1. The van der Waals surface area contributed by atoms with E-state index in [1.807, 2.05) is 20.8 Å². The van der Waals surface area contributed by atoms with Crippen LogP contribution in [0.2, 0.25) is 0 Å². The third kappa shape index (κ3) is 3.53. The van der Waals surface area contributed by atoms with Crippen molar-refractivity contribution >= 4 is 12.6 Å². The molecule has 0 radical (unpaired) electrons. The molecule has 0 bridgehead atoms. The summed E-state index contributed by atoms with van der Waals surface area (Å²) in [6.45, 7) is 15.2. The number of hydrogen-bond acceptors (Lipinski definition) is 4. The Kier molecular flexibility index (Phi) is 4.52. The first-order chi connectivity index (χ1) is 9.89. The molecular weight excluding hydrogens is 266 g/mol. The molecule has 2 rings (SSSR count). The summed E-state index contributed by atoms with van der Waals surface area (Å²) in [4.78, 5) is 16.1. The largest absolute Gasteiger partial charge is 0.475 e. The molecule has 1 amide bonds. The molecule has 2 unspecified atom stereocenters. The standard InChI is InChI=1S/C16H25N3O2/c1-6-10(2)15(17-5)21-9-16(3,4)19-14(20)13-11-7-18-8-12(11)13/h6,11-13,18H,1,5,7-9H2,2-4H3,(H,19,20)/b15-10+. The van der Waals surface area contributed by atoms with Gasteiger partial charge in [-0.15, -0.1) is 0 Å². The van der Waals surface area contributed by atoms with Crippen molar-refractivity contribution in [2.24, 2.45) is 22.7 Å². The molecule has 5 nitrogen and oxygen atoms in total. The first-order valence-electron chi connectivity index (χ1n) is 7.35. The van der Waals surface area contributed by atoms with Crippen LogP contribution in [0.1, 0.15) is 20.8 Å². The lowest BCUT2D eigenvalue weighted by Gasteiger charge is -2.27. The molecule has 0 aromatic carbocycles. The second kappa shape index (κ2) is 6.02. The van der Waals surface area contributed by atoms with Crippen molar-refractivity contribution in [2.75, 3.05) is 19.7 Å². The quantitative estimate of drug-likeness (QED) is 0.424. The Bertz CT molecular complexity index is 472. The van der Waals surface area contributed by atoms with E-state index in [4.69, 9.17) is 4.74 Å². The van der Waals surface area contributed by atoms with Crippen molar-refractivity contribution in [3.8, 4) is 0 Å². The number of rotatable bonds is 7. The molecular formula is C16H25N3O2. The maximum atomic E-state index is 12.3. The van der Waals surface area contributed by atoms with Gasteiger partial charge in [-0.1, -0.05) is 12.7 Å². The SMILES string of the molecule is C=C/C(C)=C(\N=C)OCC(C)(C)NC(=O)C1C2CNCC21. The molecule has 1 saturated carbocycles. The summed E-state index contributed by atoms with van der Waals surface area (Å²) in [6, 6.07) is 0. The Balaban J connectivity index is 1.85. The highest BCUT2D eigenvalue weighted by atomic mass is 16.5. The van der Waals surface area contributed by atoms with Gasteiger partial charge in [-0.3, -0.25) is 4.79 Å². The van der Waals surface area contributed by atoms with Crippen LogP contribution >= 0.6 is 0 Å². The van der Waals surface area contributed by atoms with Crippen molar-refractivity contribution in [2.45, 2.75) is 26.3 Å². The summed E-state index contributed by atoms with van der Waals surface area (Å²) in [7, 11) is 0. The van der Waals surface area contributed by atoms with Crippen LogP contribution < -0.4 is 10.6 Å². The van der Waals surface area contributed by atoms with E-state index in [2.05, 4.69) is 28.9 Å². The number of fused-ring (bicyclic) bond motifs is 1. The van der Waals surface area contributed by atoms with Crippen molar-refractivity contribution in [1.82, 2.24) is 10.6 Å². The smallest absolute Gasteiger partial charge is 0.224 e. The van der Waals surface area contributed by atoms with E-state index in [0.29, 0.717) is 24.3 Å². The number of allylic oxidation sites excluding steroid dienone is 2. The number of aliphatic imine (C=N–C) groups is 1. The Morgan fingerprint density at radius 2 is 2.10 bits per heavy atom. The molecule has 1 saturated heterocycles. The number of amides is 1. The molecule has 2 atom stereocenters. The molecule has 1 aliphatic heterocycles. The van der Waals surface area contributed by atoms with Crippen molar-refractivity contribution < 1.29 is 9.53 Å². The highest BCUT2D eigenvalue weighted by Gasteiger charge is 2.57. The summed E-state index contributed by atoms with van der Waals surface area (Å²) in [5.74, 6) is 1.82. The maximum Gasteiger partial charge on any atom is 0.224 e. The number of hydrogen-bond donors (Lipinski definition) is 2. The van der Waals surface area contributed by atoms with Crippen LogP contribution in [-0.4, -0.2) is 37.9 Å². The van der Waals surface area contributed by atoms with Gasteiger partial charge in [0, 0.05) is 11.5 Å². The van der Waals surface area contributed by atoms with Gasteiger partial charge in [0.1, 0.15) is 6.61 Å². The molecule has 21 heavy (non-hydrogen) atoms. The van der Waals surface area contributed by atoms with Gasteiger partial charge in [-0.25, -0.2) is 4.99 Å². The van der Waals surface area contributed by atoms with E-state index in [0.717, 1.165) is 18.7 Å². The molecule has 2 fully saturated rings. The van der Waals surface area contributed by atoms with Gasteiger partial charge in [0.15, 0.2) is 0 Å². The minimum atomic E-state index is -0.446. The average molecular weight is 291 g/mol. The Morgan fingerprint density at radius 3 is 2.62 bits per heavy atom. The second-order valence-corrected chi connectivity index (χ2v) is 6.52. The third-order valence-corrected chi connectivity index (χ3v) is 4.21.